The maximum absolute atomic E-state index is 13.6. The molecule has 2 rings (SSSR count). The summed E-state index contributed by atoms with van der Waals surface area (Å²) in [5.41, 5.74) is 7.53. The summed E-state index contributed by atoms with van der Waals surface area (Å²) in [5, 5.41) is 0.829. The largest absolute Gasteiger partial charge is 0.493 e. The van der Waals surface area contributed by atoms with E-state index in [1.807, 2.05) is 17.8 Å². The minimum absolute atomic E-state index is 0.307. The molecular weight excluding hydrogens is 207 g/mol. The van der Waals surface area contributed by atoms with Gasteiger partial charge in [0.25, 0.3) is 0 Å². The molecule has 0 aliphatic heterocycles. The van der Waals surface area contributed by atoms with Crippen LogP contribution in [0.25, 0.3) is 10.9 Å². The molecule has 3 nitrogen and oxygen atoms in total. The number of nitrogens with zero attached hydrogens (tertiary/aromatic N) is 1. The van der Waals surface area contributed by atoms with Crippen molar-refractivity contribution >= 4 is 10.9 Å². The third-order valence-corrected chi connectivity index (χ3v) is 2.76. The molecule has 0 amide bonds. The monoisotopic (exact) mass is 222 g/mol. The number of halogens is 1. The van der Waals surface area contributed by atoms with Gasteiger partial charge in [0.2, 0.25) is 0 Å². The van der Waals surface area contributed by atoms with Crippen molar-refractivity contribution in [3.8, 4) is 5.75 Å². The van der Waals surface area contributed by atoms with E-state index in [1.165, 1.54) is 13.2 Å². The molecule has 1 heterocycles. The van der Waals surface area contributed by atoms with Gasteiger partial charge in [0.05, 0.1) is 12.6 Å². The summed E-state index contributed by atoms with van der Waals surface area (Å²) >= 11 is 0. The average Bonchev–Trinajstić information content (AvgIpc) is 2.57. The van der Waals surface area contributed by atoms with E-state index < -0.39 is 0 Å². The Morgan fingerprint density at radius 1 is 1.44 bits per heavy atom. The van der Waals surface area contributed by atoms with Gasteiger partial charge in [-0.3, -0.25) is 0 Å². The third-order valence-electron chi connectivity index (χ3n) is 2.76. The summed E-state index contributed by atoms with van der Waals surface area (Å²) < 4.78 is 20.7. The number of aromatic nitrogens is 1. The van der Waals surface area contributed by atoms with Crippen LogP contribution in [0.4, 0.5) is 4.39 Å². The zero-order valence-electron chi connectivity index (χ0n) is 9.46. The number of methoxy groups -OCH3 is 1. The fourth-order valence-corrected chi connectivity index (χ4v) is 2.06. The Kier molecular flexibility index (Phi) is 2.83. The molecule has 0 saturated heterocycles. The minimum atomic E-state index is -0.334. The van der Waals surface area contributed by atoms with Crippen LogP contribution < -0.4 is 10.5 Å². The molecule has 0 saturated carbocycles. The number of fused-ring (bicyclic) bond motifs is 1. The predicted octanol–water partition coefficient (Wildman–Crippen LogP) is 1.83. The van der Waals surface area contributed by atoms with Crippen molar-refractivity contribution in [3.63, 3.8) is 0 Å². The van der Waals surface area contributed by atoms with E-state index in [2.05, 4.69) is 0 Å². The molecule has 0 bridgehead atoms. The van der Waals surface area contributed by atoms with Crippen LogP contribution in [-0.2, 0) is 13.5 Å². The van der Waals surface area contributed by atoms with Crippen LogP contribution in [0.1, 0.15) is 5.56 Å². The fourth-order valence-electron chi connectivity index (χ4n) is 2.06. The number of ether oxygens (including phenoxy) is 1. The van der Waals surface area contributed by atoms with Crippen LogP contribution in [0.2, 0.25) is 0 Å². The Morgan fingerprint density at radius 2 is 2.19 bits per heavy atom. The van der Waals surface area contributed by atoms with Crippen molar-refractivity contribution in [2.75, 3.05) is 13.7 Å². The van der Waals surface area contributed by atoms with Crippen molar-refractivity contribution in [2.45, 2.75) is 6.42 Å². The first-order valence-electron chi connectivity index (χ1n) is 5.19. The Labute approximate surface area is 93.6 Å². The van der Waals surface area contributed by atoms with E-state index in [1.54, 1.807) is 6.07 Å². The number of nitrogens with two attached hydrogens (primary N) is 1. The standard InChI is InChI=1S/C12H15FN2O/c1-15-7-8(5-6-14)11-10(15)4-3-9(13)12(11)16-2/h3-4,7H,5-6,14H2,1-2H3. The lowest BCUT2D eigenvalue weighted by atomic mass is 10.1. The highest BCUT2D eigenvalue weighted by atomic mass is 19.1. The first kappa shape index (κ1) is 11.0. The maximum atomic E-state index is 13.6. The number of hydrogen-bond donors (Lipinski definition) is 1. The molecule has 86 valence electrons. The van der Waals surface area contributed by atoms with Gasteiger partial charge in [-0.05, 0) is 30.7 Å². The van der Waals surface area contributed by atoms with E-state index in [0.717, 1.165) is 22.9 Å². The van der Waals surface area contributed by atoms with Gasteiger partial charge in [-0.1, -0.05) is 0 Å². The molecule has 0 aliphatic carbocycles. The Hall–Kier alpha value is -1.55. The van der Waals surface area contributed by atoms with E-state index >= 15 is 0 Å². The Morgan fingerprint density at radius 3 is 2.81 bits per heavy atom. The maximum Gasteiger partial charge on any atom is 0.165 e. The molecule has 0 aliphatic rings. The summed E-state index contributed by atoms with van der Waals surface area (Å²) in [7, 11) is 3.41. The second kappa shape index (κ2) is 4.14. The molecule has 0 spiro atoms. The summed E-state index contributed by atoms with van der Waals surface area (Å²) in [6.45, 7) is 0.540. The minimum Gasteiger partial charge on any atom is -0.493 e. The number of rotatable bonds is 3. The lowest BCUT2D eigenvalue weighted by Gasteiger charge is -2.05. The van der Waals surface area contributed by atoms with Crippen LogP contribution in [0.15, 0.2) is 18.3 Å². The first-order chi connectivity index (χ1) is 7.69. The lowest BCUT2D eigenvalue weighted by Crippen LogP contribution is -2.02. The van der Waals surface area contributed by atoms with Gasteiger partial charge in [0, 0.05) is 18.6 Å². The van der Waals surface area contributed by atoms with Crippen molar-refractivity contribution in [3.05, 3.63) is 29.7 Å². The van der Waals surface area contributed by atoms with E-state index in [9.17, 15) is 4.39 Å². The van der Waals surface area contributed by atoms with Gasteiger partial charge in [0.15, 0.2) is 11.6 Å². The van der Waals surface area contributed by atoms with Crippen molar-refractivity contribution in [1.82, 2.24) is 4.57 Å². The zero-order valence-corrected chi connectivity index (χ0v) is 9.46. The highest BCUT2D eigenvalue weighted by Crippen LogP contribution is 2.32. The van der Waals surface area contributed by atoms with Crippen LogP contribution in [-0.4, -0.2) is 18.2 Å². The van der Waals surface area contributed by atoms with Gasteiger partial charge >= 0.3 is 0 Å². The number of aryl methyl sites for hydroxylation is 1. The molecule has 4 heteroatoms. The summed E-state index contributed by atoms with van der Waals surface area (Å²) in [6.07, 6.45) is 2.69. The van der Waals surface area contributed by atoms with Crippen LogP contribution in [0, 0.1) is 5.82 Å². The second-order valence-corrected chi connectivity index (χ2v) is 3.78. The molecule has 0 atom stereocenters. The quantitative estimate of drug-likeness (QED) is 0.860. The summed E-state index contributed by atoms with van der Waals surface area (Å²) in [4.78, 5) is 0. The third kappa shape index (κ3) is 1.55. The van der Waals surface area contributed by atoms with Gasteiger partial charge < -0.3 is 15.0 Å². The van der Waals surface area contributed by atoms with Crippen LogP contribution >= 0.6 is 0 Å². The second-order valence-electron chi connectivity index (χ2n) is 3.78. The van der Waals surface area contributed by atoms with E-state index in [0.29, 0.717) is 12.3 Å². The van der Waals surface area contributed by atoms with Crippen LogP contribution in [0.5, 0.6) is 5.75 Å². The molecule has 16 heavy (non-hydrogen) atoms. The van der Waals surface area contributed by atoms with Gasteiger partial charge in [-0.25, -0.2) is 4.39 Å². The number of hydrogen-bond acceptors (Lipinski definition) is 2. The van der Waals surface area contributed by atoms with Crippen LogP contribution in [0.3, 0.4) is 0 Å². The average molecular weight is 222 g/mol. The van der Waals surface area contributed by atoms with E-state index in [-0.39, 0.29) is 5.82 Å². The molecule has 0 unspecified atom stereocenters. The SMILES string of the molecule is COc1c(F)ccc2c1c(CCN)cn2C. The van der Waals surface area contributed by atoms with Gasteiger partial charge in [0.1, 0.15) is 0 Å². The topological polar surface area (TPSA) is 40.2 Å². The Balaban J connectivity index is 2.77. The van der Waals surface area contributed by atoms with Crippen molar-refractivity contribution in [2.24, 2.45) is 12.8 Å². The zero-order chi connectivity index (χ0) is 11.7. The molecule has 0 fully saturated rings. The van der Waals surface area contributed by atoms with Gasteiger partial charge in [-0.2, -0.15) is 0 Å². The Bertz CT molecular complexity index is 519. The van der Waals surface area contributed by atoms with Crippen molar-refractivity contribution < 1.29 is 9.13 Å². The fraction of sp³-hybridized carbons (Fsp3) is 0.333. The first-order valence-corrected chi connectivity index (χ1v) is 5.19. The predicted molar refractivity (Wildman–Crippen MR) is 62.2 cm³/mol. The lowest BCUT2D eigenvalue weighted by molar-refractivity contribution is 0.391. The van der Waals surface area contributed by atoms with Gasteiger partial charge in [-0.15, -0.1) is 0 Å². The molecule has 2 N–H and O–H groups in total. The molecule has 1 aromatic carbocycles. The highest BCUT2D eigenvalue weighted by Gasteiger charge is 2.14. The molecule has 1 aromatic heterocycles. The highest BCUT2D eigenvalue weighted by molar-refractivity contribution is 5.90. The number of benzene rings is 1. The molecular formula is C12H15FN2O. The normalized spacial score (nSPS) is 11.0. The molecule has 2 aromatic rings. The summed E-state index contributed by atoms with van der Waals surface area (Å²) in [6, 6.07) is 3.18. The summed E-state index contributed by atoms with van der Waals surface area (Å²) in [5.74, 6) is -0.0268. The van der Waals surface area contributed by atoms with Crippen molar-refractivity contribution in [1.29, 1.82) is 0 Å². The van der Waals surface area contributed by atoms with E-state index in [4.69, 9.17) is 10.5 Å². The molecule has 0 radical (unpaired) electrons. The smallest absolute Gasteiger partial charge is 0.165 e.